The first-order valence-electron chi connectivity index (χ1n) is 5.65. The highest BCUT2D eigenvalue weighted by Crippen LogP contribution is 2.24. The van der Waals surface area contributed by atoms with Crippen LogP contribution in [-0.2, 0) is 9.84 Å². The standard InChI is InChI=1S/C13H9NO6S/c15-13(16)9-4-6-11(7-5-9)21(19,20)12-3-1-2-10(8-12)14(17)18/h1-8H,(H,15,16). The molecule has 2 aromatic carbocycles. The van der Waals surface area contributed by atoms with Crippen molar-refractivity contribution in [1.82, 2.24) is 0 Å². The zero-order valence-electron chi connectivity index (χ0n) is 10.5. The van der Waals surface area contributed by atoms with Gasteiger partial charge in [-0.25, -0.2) is 13.2 Å². The van der Waals surface area contributed by atoms with Gasteiger partial charge in [0, 0.05) is 12.1 Å². The quantitative estimate of drug-likeness (QED) is 0.683. The minimum absolute atomic E-state index is 0.0482. The fourth-order valence-corrected chi connectivity index (χ4v) is 2.98. The van der Waals surface area contributed by atoms with E-state index in [1.165, 1.54) is 18.2 Å². The van der Waals surface area contributed by atoms with Gasteiger partial charge in [0.25, 0.3) is 5.69 Å². The molecule has 0 aliphatic rings. The second-order valence-electron chi connectivity index (χ2n) is 4.09. The third-order valence-electron chi connectivity index (χ3n) is 2.75. The molecule has 0 bridgehead atoms. The average molecular weight is 307 g/mol. The van der Waals surface area contributed by atoms with Crippen LogP contribution in [0.1, 0.15) is 10.4 Å². The number of carboxylic acid groups (broad SMARTS) is 1. The van der Waals surface area contributed by atoms with Gasteiger partial charge < -0.3 is 5.11 Å². The van der Waals surface area contributed by atoms with E-state index in [-0.39, 0.29) is 21.0 Å². The van der Waals surface area contributed by atoms with Crippen molar-refractivity contribution >= 4 is 21.5 Å². The number of hydrogen-bond donors (Lipinski definition) is 1. The number of rotatable bonds is 4. The average Bonchev–Trinajstić information content (AvgIpc) is 2.47. The van der Waals surface area contributed by atoms with Crippen LogP contribution in [0.4, 0.5) is 5.69 Å². The Balaban J connectivity index is 2.49. The van der Waals surface area contributed by atoms with Crippen LogP contribution in [0.2, 0.25) is 0 Å². The molecule has 108 valence electrons. The summed E-state index contributed by atoms with van der Waals surface area (Å²) in [6.45, 7) is 0. The predicted molar refractivity (Wildman–Crippen MR) is 71.9 cm³/mol. The van der Waals surface area contributed by atoms with E-state index >= 15 is 0 Å². The number of nitro groups is 1. The fraction of sp³-hybridized carbons (Fsp3) is 0. The van der Waals surface area contributed by atoms with Gasteiger partial charge >= 0.3 is 5.97 Å². The van der Waals surface area contributed by atoms with E-state index in [4.69, 9.17) is 5.11 Å². The SMILES string of the molecule is O=C(O)c1ccc(S(=O)(=O)c2cccc([N+](=O)[O-])c2)cc1. The molecule has 0 saturated carbocycles. The third-order valence-corrected chi connectivity index (χ3v) is 4.52. The lowest BCUT2D eigenvalue weighted by molar-refractivity contribution is -0.385. The molecular formula is C13H9NO6S. The van der Waals surface area contributed by atoms with Gasteiger partial charge in [-0.15, -0.1) is 0 Å². The van der Waals surface area contributed by atoms with Crippen molar-refractivity contribution < 1.29 is 23.2 Å². The van der Waals surface area contributed by atoms with Crippen molar-refractivity contribution in [2.45, 2.75) is 9.79 Å². The van der Waals surface area contributed by atoms with E-state index in [0.717, 1.165) is 30.3 Å². The Morgan fingerprint density at radius 3 is 2.19 bits per heavy atom. The molecule has 8 heteroatoms. The van der Waals surface area contributed by atoms with Crippen LogP contribution in [-0.4, -0.2) is 24.4 Å². The molecule has 21 heavy (non-hydrogen) atoms. The van der Waals surface area contributed by atoms with Crippen molar-refractivity contribution in [3.63, 3.8) is 0 Å². The smallest absolute Gasteiger partial charge is 0.335 e. The number of aromatic carboxylic acids is 1. The molecule has 0 unspecified atom stereocenters. The number of sulfone groups is 1. The highest BCUT2D eigenvalue weighted by molar-refractivity contribution is 7.91. The molecule has 0 aromatic heterocycles. The molecule has 0 heterocycles. The van der Waals surface area contributed by atoms with Crippen LogP contribution in [0.5, 0.6) is 0 Å². The van der Waals surface area contributed by atoms with Crippen LogP contribution in [0.3, 0.4) is 0 Å². The fourth-order valence-electron chi connectivity index (χ4n) is 1.68. The van der Waals surface area contributed by atoms with E-state index in [9.17, 15) is 23.3 Å². The van der Waals surface area contributed by atoms with Crippen molar-refractivity contribution in [1.29, 1.82) is 0 Å². The molecule has 0 spiro atoms. The van der Waals surface area contributed by atoms with Crippen LogP contribution in [0.15, 0.2) is 58.3 Å². The van der Waals surface area contributed by atoms with E-state index in [2.05, 4.69) is 0 Å². The first kappa shape index (κ1) is 14.7. The monoisotopic (exact) mass is 307 g/mol. The van der Waals surface area contributed by atoms with Crippen molar-refractivity contribution in [3.05, 3.63) is 64.2 Å². The van der Waals surface area contributed by atoms with Gasteiger partial charge in [-0.05, 0) is 30.3 Å². The van der Waals surface area contributed by atoms with Crippen molar-refractivity contribution in [3.8, 4) is 0 Å². The molecule has 0 aliphatic carbocycles. The lowest BCUT2D eigenvalue weighted by Gasteiger charge is -2.05. The number of benzene rings is 2. The molecular weight excluding hydrogens is 298 g/mol. The second kappa shape index (κ2) is 5.33. The Bertz CT molecular complexity index is 811. The molecule has 0 radical (unpaired) electrons. The van der Waals surface area contributed by atoms with Crippen molar-refractivity contribution in [2.75, 3.05) is 0 Å². The summed E-state index contributed by atoms with van der Waals surface area (Å²) in [5.74, 6) is -1.17. The predicted octanol–water partition coefficient (Wildman–Crippen LogP) is 2.13. The van der Waals surface area contributed by atoms with Gasteiger partial charge in [-0.3, -0.25) is 10.1 Å². The number of nitrogens with zero attached hydrogens (tertiary/aromatic N) is 1. The molecule has 0 fully saturated rings. The lowest BCUT2D eigenvalue weighted by Crippen LogP contribution is -2.04. The molecule has 0 aliphatic heterocycles. The summed E-state index contributed by atoms with van der Waals surface area (Å²) in [5.41, 5.74) is -0.383. The Morgan fingerprint density at radius 1 is 1.05 bits per heavy atom. The number of carboxylic acids is 1. The van der Waals surface area contributed by atoms with Gasteiger partial charge in [0.1, 0.15) is 0 Å². The zero-order chi connectivity index (χ0) is 15.6. The van der Waals surface area contributed by atoms with Gasteiger partial charge in [0.05, 0.1) is 20.3 Å². The maximum Gasteiger partial charge on any atom is 0.335 e. The Kier molecular flexibility index (Phi) is 3.72. The van der Waals surface area contributed by atoms with Gasteiger partial charge in [-0.1, -0.05) is 6.07 Å². The number of carbonyl (C=O) groups is 1. The zero-order valence-corrected chi connectivity index (χ0v) is 11.3. The van der Waals surface area contributed by atoms with Gasteiger partial charge in [0.15, 0.2) is 0 Å². The Hall–Kier alpha value is -2.74. The maximum atomic E-state index is 12.3. The molecule has 0 atom stereocenters. The summed E-state index contributed by atoms with van der Waals surface area (Å²) in [7, 11) is -3.93. The molecule has 2 aromatic rings. The van der Waals surface area contributed by atoms with Gasteiger partial charge in [0.2, 0.25) is 9.84 Å². The summed E-state index contributed by atoms with van der Waals surface area (Å²) < 4.78 is 24.6. The van der Waals surface area contributed by atoms with E-state index in [0.29, 0.717) is 0 Å². The molecule has 1 N–H and O–H groups in total. The molecule has 0 saturated heterocycles. The van der Waals surface area contributed by atoms with Crippen LogP contribution in [0.25, 0.3) is 0 Å². The normalized spacial score (nSPS) is 11.0. The Morgan fingerprint density at radius 2 is 1.67 bits per heavy atom. The summed E-state index contributed by atoms with van der Waals surface area (Å²) in [6, 6.07) is 9.28. The van der Waals surface area contributed by atoms with E-state index < -0.39 is 20.7 Å². The van der Waals surface area contributed by atoms with E-state index in [1.807, 2.05) is 0 Å². The number of non-ortho nitro benzene ring substituents is 1. The largest absolute Gasteiger partial charge is 0.478 e. The van der Waals surface area contributed by atoms with Gasteiger partial charge in [-0.2, -0.15) is 0 Å². The van der Waals surface area contributed by atoms with Crippen molar-refractivity contribution in [2.24, 2.45) is 0 Å². The topological polar surface area (TPSA) is 115 Å². The first-order chi connectivity index (χ1) is 9.82. The van der Waals surface area contributed by atoms with Crippen LogP contribution in [0, 0.1) is 10.1 Å². The highest BCUT2D eigenvalue weighted by Gasteiger charge is 2.20. The number of hydrogen-bond acceptors (Lipinski definition) is 5. The third kappa shape index (κ3) is 2.90. The summed E-state index contributed by atoms with van der Waals surface area (Å²) in [5, 5.41) is 19.5. The lowest BCUT2D eigenvalue weighted by atomic mass is 10.2. The molecule has 0 amide bonds. The summed E-state index contributed by atoms with van der Waals surface area (Å²) in [4.78, 5) is 20.4. The van der Waals surface area contributed by atoms with E-state index in [1.54, 1.807) is 0 Å². The molecule has 7 nitrogen and oxygen atoms in total. The second-order valence-corrected chi connectivity index (χ2v) is 6.04. The maximum absolute atomic E-state index is 12.3. The van der Waals surface area contributed by atoms with Crippen LogP contribution < -0.4 is 0 Å². The first-order valence-corrected chi connectivity index (χ1v) is 7.13. The minimum Gasteiger partial charge on any atom is -0.478 e. The summed E-state index contributed by atoms with van der Waals surface area (Å²) in [6.07, 6.45) is 0. The Labute approximate surface area is 119 Å². The molecule has 2 rings (SSSR count). The highest BCUT2D eigenvalue weighted by atomic mass is 32.2. The minimum atomic E-state index is -3.93. The van der Waals surface area contributed by atoms with Crippen LogP contribution >= 0.6 is 0 Å². The number of nitro benzene ring substituents is 1. The summed E-state index contributed by atoms with van der Waals surface area (Å²) >= 11 is 0.